The van der Waals surface area contributed by atoms with E-state index in [1.54, 1.807) is 42.5 Å². The van der Waals surface area contributed by atoms with Crippen molar-refractivity contribution >= 4 is 27.3 Å². The van der Waals surface area contributed by atoms with Crippen molar-refractivity contribution in [3.8, 4) is 17.2 Å². The molecule has 0 aliphatic heterocycles. The third-order valence-electron chi connectivity index (χ3n) is 4.84. The van der Waals surface area contributed by atoms with E-state index in [1.165, 1.54) is 35.2 Å². The van der Waals surface area contributed by atoms with Gasteiger partial charge in [0.15, 0.2) is 10.7 Å². The van der Waals surface area contributed by atoms with Crippen LogP contribution in [0.3, 0.4) is 0 Å². The summed E-state index contributed by atoms with van der Waals surface area (Å²) in [5.74, 6) is 0.975. The van der Waals surface area contributed by atoms with Gasteiger partial charge < -0.3 is 24.1 Å². The quantitative estimate of drug-likeness (QED) is 0.501. The maximum Gasteiger partial charge on any atom is 0.270 e. The van der Waals surface area contributed by atoms with Crippen LogP contribution in [0, 0.1) is 13.8 Å². The van der Waals surface area contributed by atoms with Crippen molar-refractivity contribution in [2.75, 3.05) is 37.5 Å². The monoisotopic (exact) mass is 475 g/mol. The number of benzene rings is 2. The van der Waals surface area contributed by atoms with Gasteiger partial charge in [-0.1, -0.05) is 5.16 Å². The van der Waals surface area contributed by atoms with E-state index in [2.05, 4.69) is 10.5 Å². The third-order valence-corrected chi connectivity index (χ3v) is 6.86. The Morgan fingerprint density at radius 3 is 2.18 bits per heavy atom. The zero-order valence-electron chi connectivity index (χ0n) is 18.9. The fourth-order valence-corrected chi connectivity index (χ4v) is 4.97. The molecule has 176 valence electrons. The number of nitrogens with zero attached hydrogens (tertiary/aromatic N) is 2. The first-order valence-electron chi connectivity index (χ1n) is 9.82. The fraction of sp³-hybridized carbons (Fsp3) is 0.273. The number of methoxy groups -OCH3 is 3. The van der Waals surface area contributed by atoms with E-state index in [0.29, 0.717) is 22.9 Å². The molecular formula is C22H25N3O7S. The highest BCUT2D eigenvalue weighted by Gasteiger charge is 2.33. The number of rotatable bonds is 9. The number of nitrogens with one attached hydrogen (secondary N) is 1. The van der Waals surface area contributed by atoms with Crippen molar-refractivity contribution in [3.63, 3.8) is 0 Å². The van der Waals surface area contributed by atoms with Crippen LogP contribution in [-0.2, 0) is 14.8 Å². The summed E-state index contributed by atoms with van der Waals surface area (Å²) in [5.41, 5.74) is 0.802. The Hall–Kier alpha value is -3.73. The molecule has 1 heterocycles. The molecule has 11 heteroatoms. The molecular weight excluding hydrogens is 450 g/mol. The van der Waals surface area contributed by atoms with Crippen molar-refractivity contribution in [2.24, 2.45) is 0 Å². The number of aromatic nitrogens is 1. The molecule has 0 aliphatic rings. The van der Waals surface area contributed by atoms with Crippen LogP contribution >= 0.6 is 0 Å². The predicted octanol–water partition coefficient (Wildman–Crippen LogP) is 3.15. The van der Waals surface area contributed by atoms with Gasteiger partial charge in [0.2, 0.25) is 5.91 Å². The summed E-state index contributed by atoms with van der Waals surface area (Å²) in [6.07, 6.45) is 0. The number of hydrogen-bond acceptors (Lipinski definition) is 8. The minimum absolute atomic E-state index is 0.0925. The third kappa shape index (κ3) is 5.03. The lowest BCUT2D eigenvalue weighted by Gasteiger charge is -2.24. The van der Waals surface area contributed by atoms with E-state index in [9.17, 15) is 13.2 Å². The molecule has 0 saturated heterocycles. The number of hydrogen-bond donors (Lipinski definition) is 1. The molecule has 0 aliphatic carbocycles. The summed E-state index contributed by atoms with van der Waals surface area (Å²) in [5, 5.41) is 6.43. The summed E-state index contributed by atoms with van der Waals surface area (Å²) in [7, 11) is 0.271. The SMILES string of the molecule is COc1ccc(N(CC(=O)Nc2cc(OC)ccc2OC)S(=O)(=O)c2c(C)noc2C)cc1. The largest absolute Gasteiger partial charge is 0.497 e. The van der Waals surface area contributed by atoms with Crippen LogP contribution in [0.1, 0.15) is 11.5 Å². The second-order valence-corrected chi connectivity index (χ2v) is 8.78. The second kappa shape index (κ2) is 9.82. The summed E-state index contributed by atoms with van der Waals surface area (Å²) in [6.45, 7) is 2.51. The van der Waals surface area contributed by atoms with E-state index in [-0.39, 0.29) is 22.0 Å². The van der Waals surface area contributed by atoms with E-state index < -0.39 is 22.5 Å². The molecule has 1 N–H and O–H groups in total. The van der Waals surface area contributed by atoms with E-state index in [0.717, 1.165) is 4.31 Å². The summed E-state index contributed by atoms with van der Waals surface area (Å²) < 4.78 is 48.8. The lowest BCUT2D eigenvalue weighted by Crippen LogP contribution is -2.38. The second-order valence-electron chi connectivity index (χ2n) is 6.98. The highest BCUT2D eigenvalue weighted by Crippen LogP contribution is 2.31. The molecule has 2 aromatic carbocycles. The van der Waals surface area contributed by atoms with Gasteiger partial charge in [-0.2, -0.15) is 0 Å². The minimum Gasteiger partial charge on any atom is -0.497 e. The van der Waals surface area contributed by atoms with Crippen molar-refractivity contribution < 1.29 is 31.9 Å². The maximum absolute atomic E-state index is 13.6. The molecule has 0 atom stereocenters. The zero-order chi connectivity index (χ0) is 24.2. The van der Waals surface area contributed by atoms with Gasteiger partial charge in [-0.25, -0.2) is 8.42 Å². The number of sulfonamides is 1. The average molecular weight is 476 g/mol. The van der Waals surface area contributed by atoms with Crippen molar-refractivity contribution in [3.05, 3.63) is 53.9 Å². The molecule has 3 rings (SSSR count). The molecule has 10 nitrogen and oxygen atoms in total. The van der Waals surface area contributed by atoms with Crippen LogP contribution in [0.15, 0.2) is 51.9 Å². The average Bonchev–Trinajstić information content (AvgIpc) is 3.16. The topological polar surface area (TPSA) is 120 Å². The Balaban J connectivity index is 1.99. The number of ether oxygens (including phenoxy) is 3. The Morgan fingerprint density at radius 1 is 1.00 bits per heavy atom. The molecule has 0 spiro atoms. The molecule has 1 amide bonds. The van der Waals surface area contributed by atoms with E-state index >= 15 is 0 Å². The van der Waals surface area contributed by atoms with E-state index in [4.69, 9.17) is 18.7 Å². The first-order chi connectivity index (χ1) is 15.7. The molecule has 0 unspecified atom stereocenters. The van der Waals surface area contributed by atoms with Gasteiger partial charge in [0.05, 0.1) is 32.7 Å². The molecule has 3 aromatic rings. The van der Waals surface area contributed by atoms with Crippen LogP contribution in [0.25, 0.3) is 0 Å². The van der Waals surface area contributed by atoms with Crippen LogP contribution < -0.4 is 23.8 Å². The van der Waals surface area contributed by atoms with Crippen LogP contribution in [0.4, 0.5) is 11.4 Å². The maximum atomic E-state index is 13.6. The van der Waals surface area contributed by atoms with Crippen LogP contribution in [0.2, 0.25) is 0 Å². The number of amides is 1. The summed E-state index contributed by atoms with van der Waals surface area (Å²) >= 11 is 0. The zero-order valence-corrected chi connectivity index (χ0v) is 19.7. The molecule has 0 radical (unpaired) electrons. The molecule has 33 heavy (non-hydrogen) atoms. The number of carbonyl (C=O) groups excluding carboxylic acids is 1. The highest BCUT2D eigenvalue weighted by atomic mass is 32.2. The number of aryl methyl sites for hydroxylation is 2. The highest BCUT2D eigenvalue weighted by molar-refractivity contribution is 7.93. The number of anilines is 2. The van der Waals surface area contributed by atoms with Gasteiger partial charge in [0.25, 0.3) is 10.0 Å². The molecule has 0 fully saturated rings. The van der Waals surface area contributed by atoms with E-state index in [1.807, 2.05) is 0 Å². The Labute approximate surface area is 192 Å². The Kier molecular flexibility index (Phi) is 7.12. The molecule has 1 aromatic heterocycles. The van der Waals surface area contributed by atoms with Crippen LogP contribution in [0.5, 0.6) is 17.2 Å². The first-order valence-corrected chi connectivity index (χ1v) is 11.3. The standard InChI is InChI=1S/C22H25N3O7S/c1-14-22(15(2)32-24-14)33(27,28)25(16-6-8-17(29-3)9-7-16)13-21(26)23-19-12-18(30-4)10-11-20(19)31-5/h6-12H,13H2,1-5H3,(H,23,26). The molecule has 0 saturated carbocycles. The van der Waals surface area contributed by atoms with Crippen molar-refractivity contribution in [1.29, 1.82) is 0 Å². The first kappa shape index (κ1) is 23.9. The Bertz CT molecular complexity index is 1220. The lowest BCUT2D eigenvalue weighted by atomic mass is 10.2. The van der Waals surface area contributed by atoms with Gasteiger partial charge in [0, 0.05) is 6.07 Å². The minimum atomic E-state index is -4.19. The van der Waals surface area contributed by atoms with Gasteiger partial charge in [-0.05, 0) is 50.2 Å². The normalized spacial score (nSPS) is 11.1. The van der Waals surface area contributed by atoms with Crippen molar-refractivity contribution in [1.82, 2.24) is 5.16 Å². The summed E-state index contributed by atoms with van der Waals surface area (Å²) in [6, 6.07) is 11.2. The van der Waals surface area contributed by atoms with Crippen molar-refractivity contribution in [2.45, 2.75) is 18.7 Å². The van der Waals surface area contributed by atoms with Crippen LogP contribution in [-0.4, -0.2) is 47.4 Å². The van der Waals surface area contributed by atoms with Gasteiger partial charge in [-0.3, -0.25) is 9.10 Å². The van der Waals surface area contributed by atoms with Gasteiger partial charge >= 0.3 is 0 Å². The molecule has 0 bridgehead atoms. The van der Waals surface area contributed by atoms with Gasteiger partial charge in [-0.15, -0.1) is 0 Å². The summed E-state index contributed by atoms with van der Waals surface area (Å²) in [4.78, 5) is 12.9. The smallest absolute Gasteiger partial charge is 0.270 e. The lowest BCUT2D eigenvalue weighted by molar-refractivity contribution is -0.114. The fourth-order valence-electron chi connectivity index (χ4n) is 3.25. The predicted molar refractivity (Wildman–Crippen MR) is 122 cm³/mol. The van der Waals surface area contributed by atoms with Gasteiger partial charge in [0.1, 0.15) is 29.5 Å². The Morgan fingerprint density at radius 2 is 1.64 bits per heavy atom. The number of carbonyl (C=O) groups is 1.